The first kappa shape index (κ1) is 15.9. The summed E-state index contributed by atoms with van der Waals surface area (Å²) in [7, 11) is 0. The van der Waals surface area contributed by atoms with Gasteiger partial charge in [-0.1, -0.05) is 24.9 Å². The first-order valence-electron chi connectivity index (χ1n) is 5.98. The summed E-state index contributed by atoms with van der Waals surface area (Å²) in [6, 6.07) is 3.76. The molecule has 2 N–H and O–H groups in total. The number of nitrogens with zero attached hydrogens (tertiary/aromatic N) is 1. The Bertz CT molecular complexity index is 533. The van der Waals surface area contributed by atoms with Crippen LogP contribution in [0.2, 0.25) is 5.02 Å². The molecule has 0 aliphatic rings. The Balaban J connectivity index is 2.68. The van der Waals surface area contributed by atoms with E-state index in [2.05, 4.69) is 10.6 Å². The van der Waals surface area contributed by atoms with Crippen LogP contribution in [-0.4, -0.2) is 23.3 Å². The number of unbranched alkanes of at least 4 members (excludes halogenated alkanes) is 1. The molecule has 8 heteroatoms. The predicted molar refractivity (Wildman–Crippen MR) is 74.7 cm³/mol. The van der Waals surface area contributed by atoms with Crippen LogP contribution >= 0.6 is 11.6 Å². The molecule has 1 rings (SSSR count). The molecule has 7 nitrogen and oxygen atoms in total. The van der Waals surface area contributed by atoms with E-state index in [1.54, 1.807) is 0 Å². The summed E-state index contributed by atoms with van der Waals surface area (Å²) in [5.74, 6) is -1.66. The molecule has 2 amide bonds. The standard InChI is InChI=1S/C12H14ClN3O4/c1-2-3-6-14-11(17)12(18)15-8-4-5-9(13)10(7-8)16(19)20/h4-5,7H,2-3,6H2,1H3,(H,14,17)(H,15,18). The van der Waals surface area contributed by atoms with Crippen LogP contribution in [-0.2, 0) is 9.59 Å². The molecule has 0 radical (unpaired) electrons. The monoisotopic (exact) mass is 299 g/mol. The van der Waals surface area contributed by atoms with Gasteiger partial charge in [0.25, 0.3) is 5.69 Å². The van der Waals surface area contributed by atoms with Gasteiger partial charge in [0.05, 0.1) is 4.92 Å². The fourth-order valence-corrected chi connectivity index (χ4v) is 1.56. The average molecular weight is 300 g/mol. The molecule has 20 heavy (non-hydrogen) atoms. The quantitative estimate of drug-likeness (QED) is 0.376. The van der Waals surface area contributed by atoms with Gasteiger partial charge in [0.2, 0.25) is 0 Å². The van der Waals surface area contributed by atoms with E-state index in [-0.39, 0.29) is 16.4 Å². The summed E-state index contributed by atoms with van der Waals surface area (Å²) in [4.78, 5) is 33.0. The number of hydrogen-bond donors (Lipinski definition) is 2. The van der Waals surface area contributed by atoms with Gasteiger partial charge in [-0.2, -0.15) is 0 Å². The second kappa shape index (κ2) is 7.44. The van der Waals surface area contributed by atoms with E-state index in [0.29, 0.717) is 6.54 Å². The Morgan fingerprint density at radius 1 is 1.35 bits per heavy atom. The maximum Gasteiger partial charge on any atom is 0.313 e. The summed E-state index contributed by atoms with van der Waals surface area (Å²) in [6.07, 6.45) is 1.66. The first-order chi connectivity index (χ1) is 9.45. The third kappa shape index (κ3) is 4.51. The van der Waals surface area contributed by atoms with E-state index in [1.165, 1.54) is 12.1 Å². The lowest BCUT2D eigenvalue weighted by atomic mass is 10.2. The number of rotatable bonds is 5. The van der Waals surface area contributed by atoms with E-state index in [1.807, 2.05) is 6.92 Å². The topological polar surface area (TPSA) is 101 Å². The molecule has 0 saturated carbocycles. The van der Waals surface area contributed by atoms with Crippen LogP contribution in [0.15, 0.2) is 18.2 Å². The molecule has 0 bridgehead atoms. The Labute approximate surface area is 120 Å². The highest BCUT2D eigenvalue weighted by molar-refractivity contribution is 6.39. The van der Waals surface area contributed by atoms with Gasteiger partial charge >= 0.3 is 11.8 Å². The van der Waals surface area contributed by atoms with Crippen molar-refractivity contribution in [2.45, 2.75) is 19.8 Å². The number of amides is 2. The molecule has 0 saturated heterocycles. The highest BCUT2D eigenvalue weighted by Crippen LogP contribution is 2.27. The zero-order valence-electron chi connectivity index (χ0n) is 10.8. The molecule has 0 fully saturated rings. The Morgan fingerprint density at radius 3 is 2.65 bits per heavy atom. The van der Waals surface area contributed by atoms with E-state index in [0.717, 1.165) is 18.9 Å². The molecule has 0 aliphatic carbocycles. The Kier molecular flexibility index (Phi) is 5.92. The molecular weight excluding hydrogens is 286 g/mol. The average Bonchev–Trinajstić information content (AvgIpc) is 2.40. The minimum atomic E-state index is -0.877. The number of nitrogens with one attached hydrogen (secondary N) is 2. The smallest absolute Gasteiger partial charge is 0.313 e. The molecule has 0 spiro atoms. The third-order valence-corrected chi connectivity index (χ3v) is 2.74. The van der Waals surface area contributed by atoms with Crippen LogP contribution < -0.4 is 10.6 Å². The summed E-state index contributed by atoms with van der Waals surface area (Å²) < 4.78 is 0. The van der Waals surface area contributed by atoms with Crippen LogP contribution in [0.5, 0.6) is 0 Å². The lowest BCUT2D eigenvalue weighted by Crippen LogP contribution is -2.35. The van der Waals surface area contributed by atoms with Crippen molar-refractivity contribution in [3.63, 3.8) is 0 Å². The van der Waals surface area contributed by atoms with Crippen molar-refractivity contribution in [1.29, 1.82) is 0 Å². The molecule has 108 valence electrons. The number of carbonyl (C=O) groups is 2. The minimum Gasteiger partial charge on any atom is -0.348 e. The van der Waals surface area contributed by atoms with Crippen molar-refractivity contribution < 1.29 is 14.5 Å². The highest BCUT2D eigenvalue weighted by atomic mass is 35.5. The first-order valence-corrected chi connectivity index (χ1v) is 6.36. The normalized spacial score (nSPS) is 9.90. The number of anilines is 1. The van der Waals surface area contributed by atoms with E-state index in [4.69, 9.17) is 11.6 Å². The second-order valence-corrected chi connectivity index (χ2v) is 4.39. The number of hydrogen-bond acceptors (Lipinski definition) is 4. The van der Waals surface area contributed by atoms with Crippen molar-refractivity contribution in [2.24, 2.45) is 0 Å². The van der Waals surface area contributed by atoms with Gasteiger partial charge in [-0.15, -0.1) is 0 Å². The summed E-state index contributed by atoms with van der Waals surface area (Å²) >= 11 is 5.64. The van der Waals surface area contributed by atoms with Gasteiger partial charge in [0, 0.05) is 18.3 Å². The van der Waals surface area contributed by atoms with E-state index in [9.17, 15) is 19.7 Å². The molecule has 0 aromatic heterocycles. The zero-order chi connectivity index (χ0) is 15.1. The Morgan fingerprint density at radius 2 is 2.05 bits per heavy atom. The van der Waals surface area contributed by atoms with Crippen molar-refractivity contribution in [1.82, 2.24) is 5.32 Å². The molecular formula is C12H14ClN3O4. The highest BCUT2D eigenvalue weighted by Gasteiger charge is 2.17. The van der Waals surface area contributed by atoms with E-state index >= 15 is 0 Å². The SMILES string of the molecule is CCCCNC(=O)C(=O)Nc1ccc(Cl)c([N+](=O)[O-])c1. The van der Waals surface area contributed by atoms with Crippen molar-refractivity contribution >= 4 is 34.8 Å². The van der Waals surface area contributed by atoms with Gasteiger partial charge < -0.3 is 10.6 Å². The largest absolute Gasteiger partial charge is 0.348 e. The van der Waals surface area contributed by atoms with Gasteiger partial charge in [-0.25, -0.2) is 0 Å². The summed E-state index contributed by atoms with van der Waals surface area (Å²) in [5.41, 5.74) is -0.201. The number of nitro groups is 1. The van der Waals surface area contributed by atoms with Crippen LogP contribution in [0.25, 0.3) is 0 Å². The molecule has 0 atom stereocenters. The Hall–Kier alpha value is -2.15. The van der Waals surface area contributed by atoms with Crippen LogP contribution in [0.1, 0.15) is 19.8 Å². The van der Waals surface area contributed by atoms with Crippen molar-refractivity contribution in [3.8, 4) is 0 Å². The number of carbonyl (C=O) groups excluding carboxylic acids is 2. The van der Waals surface area contributed by atoms with Crippen LogP contribution in [0.3, 0.4) is 0 Å². The molecule has 1 aromatic carbocycles. The number of halogens is 1. The summed E-state index contributed by atoms with van der Waals surface area (Å²) in [6.45, 7) is 2.36. The second-order valence-electron chi connectivity index (χ2n) is 3.99. The van der Waals surface area contributed by atoms with Gasteiger partial charge in [0.1, 0.15) is 5.02 Å². The third-order valence-electron chi connectivity index (χ3n) is 2.42. The number of nitro benzene ring substituents is 1. The molecule has 0 heterocycles. The van der Waals surface area contributed by atoms with Gasteiger partial charge in [-0.3, -0.25) is 19.7 Å². The van der Waals surface area contributed by atoms with Crippen LogP contribution in [0.4, 0.5) is 11.4 Å². The van der Waals surface area contributed by atoms with Crippen molar-refractivity contribution in [2.75, 3.05) is 11.9 Å². The lowest BCUT2D eigenvalue weighted by Gasteiger charge is -2.06. The van der Waals surface area contributed by atoms with E-state index < -0.39 is 16.7 Å². The van der Waals surface area contributed by atoms with Gasteiger partial charge in [-0.05, 0) is 18.6 Å². The predicted octanol–water partition coefficient (Wildman–Crippen LogP) is 2.10. The molecule has 1 aromatic rings. The fourth-order valence-electron chi connectivity index (χ4n) is 1.38. The molecule has 0 aliphatic heterocycles. The summed E-state index contributed by atoms with van der Waals surface area (Å²) in [5, 5.41) is 15.4. The maximum absolute atomic E-state index is 11.5. The van der Waals surface area contributed by atoms with Gasteiger partial charge in [0.15, 0.2) is 0 Å². The van der Waals surface area contributed by atoms with Crippen LogP contribution in [0, 0.1) is 10.1 Å². The number of benzene rings is 1. The lowest BCUT2D eigenvalue weighted by molar-refractivity contribution is -0.384. The fraction of sp³-hybridized carbons (Fsp3) is 0.333. The maximum atomic E-state index is 11.5. The minimum absolute atomic E-state index is 0.0413. The van der Waals surface area contributed by atoms with Crippen molar-refractivity contribution in [3.05, 3.63) is 33.3 Å². The molecule has 0 unspecified atom stereocenters. The zero-order valence-corrected chi connectivity index (χ0v) is 11.6.